The van der Waals surface area contributed by atoms with Crippen molar-refractivity contribution >= 4 is 33.5 Å². The van der Waals surface area contributed by atoms with Crippen LogP contribution in [-0.2, 0) is 24.7 Å². The summed E-state index contributed by atoms with van der Waals surface area (Å²) in [4.78, 5) is 19.7. The molecule has 1 unspecified atom stereocenters. The largest absolute Gasteiger partial charge is 0.504 e. The summed E-state index contributed by atoms with van der Waals surface area (Å²) in [6.07, 6.45) is -0.818. The van der Waals surface area contributed by atoms with Gasteiger partial charge in [0, 0.05) is 36.8 Å². The molecule has 3 aromatic heterocycles. The van der Waals surface area contributed by atoms with Crippen LogP contribution in [0.4, 0.5) is 19.0 Å². The van der Waals surface area contributed by atoms with E-state index in [1.807, 2.05) is 6.07 Å². The van der Waals surface area contributed by atoms with Gasteiger partial charge in [-0.3, -0.25) is 9.48 Å². The highest BCUT2D eigenvalue weighted by molar-refractivity contribution is 6.10. The van der Waals surface area contributed by atoms with Crippen molar-refractivity contribution in [1.82, 2.24) is 29.4 Å². The van der Waals surface area contributed by atoms with Crippen LogP contribution in [0.1, 0.15) is 27.5 Å². The number of benzene rings is 2. The maximum absolute atomic E-state index is 13.6. The lowest BCUT2D eigenvalue weighted by Gasteiger charge is -2.33. The second-order valence-electron chi connectivity index (χ2n) is 9.26. The summed E-state index contributed by atoms with van der Waals surface area (Å²) >= 11 is 0. The molecule has 194 valence electrons. The quantitative estimate of drug-likeness (QED) is 0.378. The minimum absolute atomic E-state index is 0.0276. The van der Waals surface area contributed by atoms with Gasteiger partial charge < -0.3 is 15.4 Å². The van der Waals surface area contributed by atoms with Crippen molar-refractivity contribution in [2.75, 3.05) is 19.4 Å². The van der Waals surface area contributed by atoms with Crippen LogP contribution in [0.5, 0.6) is 0 Å². The predicted molar refractivity (Wildman–Crippen MR) is 134 cm³/mol. The van der Waals surface area contributed by atoms with E-state index in [1.165, 1.54) is 6.20 Å². The van der Waals surface area contributed by atoms with Crippen LogP contribution in [0.15, 0.2) is 55.0 Å². The average Bonchev–Trinajstić information content (AvgIpc) is 3.55. The molecule has 1 aliphatic rings. The van der Waals surface area contributed by atoms with Crippen molar-refractivity contribution in [3.05, 3.63) is 71.7 Å². The standard InChI is InChI=1S/C26H22F3N7O2/c1-34(25(37)15-4-6-21-19(8-15)23-20(24(30)33-21)10-31-35(23)2)22-13-38-12-16-7-14(3-5-18(16)22)17-9-32-36(11-17)26(27,28)29/h3-11,22H,12-13H2,1-2H3,(H2,30,33). The molecule has 0 saturated carbocycles. The molecule has 1 aliphatic heterocycles. The van der Waals surface area contributed by atoms with E-state index < -0.39 is 6.30 Å². The number of amides is 1. The van der Waals surface area contributed by atoms with Gasteiger partial charge in [0.1, 0.15) is 5.82 Å². The first kappa shape index (κ1) is 23.9. The first-order chi connectivity index (χ1) is 18.1. The summed E-state index contributed by atoms with van der Waals surface area (Å²) in [5.41, 5.74) is 10.6. The van der Waals surface area contributed by atoms with E-state index in [2.05, 4.69) is 15.2 Å². The number of hydrogen-bond donors (Lipinski definition) is 1. The number of likely N-dealkylation sites (N-methyl/N-ethyl adjacent to an activating group) is 1. The first-order valence-corrected chi connectivity index (χ1v) is 11.7. The smallest absolute Gasteiger partial charge is 0.383 e. The van der Waals surface area contributed by atoms with Gasteiger partial charge in [-0.2, -0.15) is 14.9 Å². The maximum atomic E-state index is 13.6. The number of carbonyl (C=O) groups excluding carboxylic acids is 1. The number of aromatic nitrogens is 5. The van der Waals surface area contributed by atoms with Gasteiger partial charge in [-0.1, -0.05) is 12.1 Å². The zero-order valence-electron chi connectivity index (χ0n) is 20.4. The van der Waals surface area contributed by atoms with E-state index in [0.29, 0.717) is 33.4 Å². The highest BCUT2D eigenvalue weighted by Gasteiger charge is 2.32. The topological polar surface area (TPSA) is 104 Å². The second kappa shape index (κ2) is 8.55. The van der Waals surface area contributed by atoms with Crippen molar-refractivity contribution in [3.63, 3.8) is 0 Å². The van der Waals surface area contributed by atoms with Crippen molar-refractivity contribution in [2.45, 2.75) is 18.9 Å². The van der Waals surface area contributed by atoms with E-state index in [9.17, 15) is 18.0 Å². The van der Waals surface area contributed by atoms with Crippen LogP contribution in [0.2, 0.25) is 0 Å². The summed E-state index contributed by atoms with van der Waals surface area (Å²) in [7, 11) is 3.51. The molecule has 5 aromatic rings. The number of rotatable bonds is 3. The van der Waals surface area contributed by atoms with E-state index in [0.717, 1.165) is 28.2 Å². The highest BCUT2D eigenvalue weighted by atomic mass is 19.4. The van der Waals surface area contributed by atoms with Crippen LogP contribution in [0.3, 0.4) is 0 Å². The third-order valence-electron chi connectivity index (χ3n) is 6.95. The van der Waals surface area contributed by atoms with Gasteiger partial charge in [0.25, 0.3) is 5.91 Å². The third-order valence-corrected chi connectivity index (χ3v) is 6.95. The molecule has 12 heteroatoms. The number of nitrogen functional groups attached to an aromatic ring is 1. The van der Waals surface area contributed by atoms with Crippen LogP contribution >= 0.6 is 0 Å². The number of nitrogens with zero attached hydrogens (tertiary/aromatic N) is 6. The lowest BCUT2D eigenvalue weighted by Crippen LogP contribution is -2.36. The first-order valence-electron chi connectivity index (χ1n) is 11.7. The van der Waals surface area contributed by atoms with Gasteiger partial charge in [0.15, 0.2) is 0 Å². The molecule has 6 rings (SSSR count). The number of nitrogens with two attached hydrogens (primary N) is 1. The molecule has 1 amide bonds. The Morgan fingerprint density at radius 1 is 1.11 bits per heavy atom. The Hall–Kier alpha value is -4.45. The lowest BCUT2D eigenvalue weighted by atomic mass is 9.94. The average molecular weight is 522 g/mol. The Morgan fingerprint density at radius 2 is 1.92 bits per heavy atom. The number of alkyl halides is 3. The van der Waals surface area contributed by atoms with E-state index in [-0.39, 0.29) is 29.8 Å². The SMILES string of the molecule is CN(C(=O)c1ccc2nc(N)c3cnn(C)c3c2c1)C1COCc2cc(-c3cnn(C(F)(F)F)c3)ccc21. The Balaban J connectivity index is 1.32. The molecule has 0 fully saturated rings. The van der Waals surface area contributed by atoms with E-state index in [4.69, 9.17) is 10.5 Å². The van der Waals surface area contributed by atoms with Crippen LogP contribution in [-0.4, -0.2) is 49.0 Å². The molecule has 9 nitrogen and oxygen atoms in total. The fraction of sp³-hybridized carbons (Fsp3) is 0.231. The minimum Gasteiger partial charge on any atom is -0.383 e. The van der Waals surface area contributed by atoms with Gasteiger partial charge in [0.05, 0.1) is 48.1 Å². The van der Waals surface area contributed by atoms with Crippen molar-refractivity contribution in [3.8, 4) is 11.1 Å². The number of anilines is 1. The molecule has 0 spiro atoms. The summed E-state index contributed by atoms with van der Waals surface area (Å²) in [6, 6.07) is 10.2. The number of carbonyl (C=O) groups is 1. The Labute approximate surface area is 214 Å². The van der Waals surface area contributed by atoms with Gasteiger partial charge in [-0.15, -0.1) is 13.2 Å². The lowest BCUT2D eigenvalue weighted by molar-refractivity contribution is -0.212. The number of fused-ring (bicyclic) bond motifs is 4. The highest BCUT2D eigenvalue weighted by Crippen LogP contribution is 2.34. The van der Waals surface area contributed by atoms with Crippen LogP contribution in [0.25, 0.3) is 32.9 Å². The summed E-state index contributed by atoms with van der Waals surface area (Å²) in [6.45, 7) is 0.578. The van der Waals surface area contributed by atoms with Crippen LogP contribution in [0, 0.1) is 0 Å². The molecule has 4 heterocycles. The number of hydrogen-bond acceptors (Lipinski definition) is 6. The Kier molecular flexibility index (Phi) is 5.38. The summed E-state index contributed by atoms with van der Waals surface area (Å²) in [5.74, 6) is 0.161. The zero-order valence-corrected chi connectivity index (χ0v) is 20.4. The third kappa shape index (κ3) is 3.84. The molecule has 0 aliphatic carbocycles. The second-order valence-corrected chi connectivity index (χ2v) is 9.26. The molecule has 1 atom stereocenters. The number of halogens is 3. The molecular formula is C26H22F3N7O2. The van der Waals surface area contributed by atoms with Crippen LogP contribution < -0.4 is 5.73 Å². The number of pyridine rings is 1. The molecule has 0 bridgehead atoms. The molecule has 2 aromatic carbocycles. The van der Waals surface area contributed by atoms with Crippen molar-refractivity contribution in [2.24, 2.45) is 7.05 Å². The molecule has 0 saturated heterocycles. The fourth-order valence-corrected chi connectivity index (χ4v) is 4.97. The molecule has 2 N–H and O–H groups in total. The molecular weight excluding hydrogens is 499 g/mol. The Morgan fingerprint density at radius 3 is 2.68 bits per heavy atom. The van der Waals surface area contributed by atoms with Crippen molar-refractivity contribution < 1.29 is 22.7 Å². The van der Waals surface area contributed by atoms with Gasteiger partial charge >= 0.3 is 6.30 Å². The predicted octanol–water partition coefficient (Wildman–Crippen LogP) is 4.39. The monoisotopic (exact) mass is 521 g/mol. The fourth-order valence-electron chi connectivity index (χ4n) is 4.97. The summed E-state index contributed by atoms with van der Waals surface area (Å²) < 4.78 is 46.3. The van der Waals surface area contributed by atoms with Gasteiger partial charge in [-0.25, -0.2) is 4.98 Å². The number of ether oxygens (including phenoxy) is 1. The minimum atomic E-state index is -4.59. The normalized spacial score (nSPS) is 15.7. The van der Waals surface area contributed by atoms with Crippen molar-refractivity contribution in [1.29, 1.82) is 0 Å². The van der Waals surface area contributed by atoms with E-state index >= 15 is 0 Å². The molecule has 0 radical (unpaired) electrons. The maximum Gasteiger partial charge on any atom is 0.504 e. The summed E-state index contributed by atoms with van der Waals surface area (Å²) in [5, 5.41) is 9.17. The zero-order chi connectivity index (χ0) is 26.8. The Bertz CT molecular complexity index is 1720. The van der Waals surface area contributed by atoms with Gasteiger partial charge in [-0.05, 0) is 41.0 Å². The number of aryl methyl sites for hydroxylation is 1. The van der Waals surface area contributed by atoms with Gasteiger partial charge in [0.2, 0.25) is 0 Å². The van der Waals surface area contributed by atoms with E-state index in [1.54, 1.807) is 60.2 Å². The molecule has 38 heavy (non-hydrogen) atoms.